The molecule has 1 radical (unpaired) electrons. The zero-order chi connectivity index (χ0) is 10.5. The minimum absolute atomic E-state index is 0.247. The zero-order valence-corrected chi connectivity index (χ0v) is 9.45. The Labute approximate surface area is 92.4 Å². The van der Waals surface area contributed by atoms with Crippen molar-refractivity contribution in [2.45, 2.75) is 44.9 Å². The van der Waals surface area contributed by atoms with Crippen LogP contribution < -0.4 is 0 Å². The van der Waals surface area contributed by atoms with E-state index in [0.29, 0.717) is 0 Å². The van der Waals surface area contributed by atoms with Crippen LogP contribution in [-0.2, 0) is 0 Å². The molecule has 2 saturated heterocycles. The minimum Gasteiger partial charge on any atom is -0.325 e. The van der Waals surface area contributed by atoms with E-state index in [9.17, 15) is 4.79 Å². The van der Waals surface area contributed by atoms with Gasteiger partial charge in [0.25, 0.3) is 0 Å². The Morgan fingerprint density at radius 1 is 0.867 bits per heavy atom. The molecule has 0 N–H and O–H groups in total. The number of urea groups is 1. The molecule has 15 heavy (non-hydrogen) atoms. The lowest BCUT2D eigenvalue weighted by atomic mass is 10.1. The predicted octanol–water partition coefficient (Wildman–Crippen LogP) is 2.63. The number of likely N-dealkylation sites (tertiary alicyclic amines) is 2. The summed E-state index contributed by atoms with van der Waals surface area (Å²) in [7, 11) is 0. The van der Waals surface area contributed by atoms with Crippen molar-refractivity contribution in [3.05, 3.63) is 6.54 Å². The number of amides is 2. The highest BCUT2D eigenvalue weighted by molar-refractivity contribution is 5.75. The maximum atomic E-state index is 12.1. The van der Waals surface area contributed by atoms with Gasteiger partial charge in [-0.25, -0.2) is 4.79 Å². The molecule has 2 heterocycles. The van der Waals surface area contributed by atoms with Crippen LogP contribution in [0, 0.1) is 6.54 Å². The second-order valence-corrected chi connectivity index (χ2v) is 4.56. The van der Waals surface area contributed by atoms with Gasteiger partial charge in [0, 0.05) is 19.6 Å². The lowest BCUT2D eigenvalue weighted by molar-refractivity contribution is 0.158. The molecule has 85 valence electrons. The van der Waals surface area contributed by atoms with E-state index in [2.05, 4.69) is 6.54 Å². The fraction of sp³-hybridized carbons (Fsp3) is 0.833. The molecular weight excluding hydrogens is 188 g/mol. The smallest absolute Gasteiger partial charge is 0.320 e. The van der Waals surface area contributed by atoms with Gasteiger partial charge < -0.3 is 9.80 Å². The summed E-state index contributed by atoms with van der Waals surface area (Å²) in [6.45, 7) is 4.93. The highest BCUT2D eigenvalue weighted by atomic mass is 16.2. The van der Waals surface area contributed by atoms with E-state index in [-0.39, 0.29) is 6.03 Å². The van der Waals surface area contributed by atoms with Gasteiger partial charge in [0.05, 0.1) is 6.54 Å². The average molecular weight is 209 g/mol. The summed E-state index contributed by atoms with van der Waals surface area (Å²) in [6.07, 6.45) is 8.40. The molecule has 2 fully saturated rings. The molecule has 2 aliphatic rings. The van der Waals surface area contributed by atoms with Gasteiger partial charge in [-0.15, -0.1) is 0 Å². The molecule has 0 spiro atoms. The number of carbonyl (C=O) groups excluding carboxylic acids is 1. The fourth-order valence-corrected chi connectivity index (χ4v) is 2.38. The fourth-order valence-electron chi connectivity index (χ4n) is 2.38. The first-order chi connectivity index (χ1) is 7.38. The average Bonchev–Trinajstić information content (AvgIpc) is 2.58. The Bertz CT molecular complexity index is 204. The van der Waals surface area contributed by atoms with E-state index in [1.165, 1.54) is 32.1 Å². The van der Waals surface area contributed by atoms with E-state index in [1.807, 2.05) is 9.80 Å². The van der Waals surface area contributed by atoms with E-state index >= 15 is 0 Å². The van der Waals surface area contributed by atoms with Crippen LogP contribution in [0.5, 0.6) is 0 Å². The maximum Gasteiger partial charge on any atom is 0.320 e. The lowest BCUT2D eigenvalue weighted by Crippen LogP contribution is -2.43. The third-order valence-electron chi connectivity index (χ3n) is 3.32. The van der Waals surface area contributed by atoms with Crippen LogP contribution >= 0.6 is 0 Å². The summed E-state index contributed by atoms with van der Waals surface area (Å²) in [5.41, 5.74) is 0. The first-order valence-corrected chi connectivity index (χ1v) is 6.27. The molecule has 0 aliphatic carbocycles. The molecule has 0 unspecified atom stereocenters. The summed E-state index contributed by atoms with van der Waals surface area (Å²) in [5.74, 6) is 0. The second kappa shape index (κ2) is 5.38. The number of hydrogen-bond donors (Lipinski definition) is 0. The standard InChI is InChI=1S/C12H21N2O/c15-12(14-10-6-3-7-11-14)13-8-4-1-2-5-9-13/h10H,1-9,11H2. The van der Waals surface area contributed by atoms with Crippen molar-refractivity contribution in [2.24, 2.45) is 0 Å². The number of nitrogens with zero attached hydrogens (tertiary/aromatic N) is 2. The van der Waals surface area contributed by atoms with Crippen molar-refractivity contribution in [1.82, 2.24) is 9.80 Å². The van der Waals surface area contributed by atoms with Crippen LogP contribution in [-0.4, -0.2) is 35.5 Å². The molecule has 2 aliphatic heterocycles. The third kappa shape index (κ3) is 2.86. The Morgan fingerprint density at radius 2 is 1.53 bits per heavy atom. The van der Waals surface area contributed by atoms with Gasteiger partial charge in [0.15, 0.2) is 0 Å². The summed E-state index contributed by atoms with van der Waals surface area (Å²) in [5, 5.41) is 0. The first kappa shape index (κ1) is 10.8. The molecule has 3 nitrogen and oxygen atoms in total. The van der Waals surface area contributed by atoms with Crippen LogP contribution in [0.25, 0.3) is 0 Å². The Balaban J connectivity index is 1.87. The molecule has 3 heteroatoms. The summed E-state index contributed by atoms with van der Waals surface area (Å²) >= 11 is 0. The van der Waals surface area contributed by atoms with Gasteiger partial charge >= 0.3 is 6.03 Å². The highest BCUT2D eigenvalue weighted by Crippen LogP contribution is 2.17. The minimum atomic E-state index is 0.247. The van der Waals surface area contributed by atoms with Gasteiger partial charge in [0.2, 0.25) is 0 Å². The van der Waals surface area contributed by atoms with Crippen LogP contribution in [0.2, 0.25) is 0 Å². The van der Waals surface area contributed by atoms with E-state index in [4.69, 9.17) is 0 Å². The van der Waals surface area contributed by atoms with Crippen molar-refractivity contribution in [3.63, 3.8) is 0 Å². The van der Waals surface area contributed by atoms with Gasteiger partial charge in [-0.2, -0.15) is 0 Å². The number of carbonyl (C=O) groups is 1. The molecule has 0 aromatic carbocycles. The van der Waals surface area contributed by atoms with Gasteiger partial charge in [-0.05, 0) is 32.1 Å². The van der Waals surface area contributed by atoms with E-state index in [0.717, 1.165) is 32.5 Å². The largest absolute Gasteiger partial charge is 0.325 e. The highest BCUT2D eigenvalue weighted by Gasteiger charge is 2.22. The molecule has 0 aromatic heterocycles. The van der Waals surface area contributed by atoms with Crippen molar-refractivity contribution in [1.29, 1.82) is 0 Å². The zero-order valence-electron chi connectivity index (χ0n) is 9.45. The molecular formula is C12H21N2O. The molecule has 2 amide bonds. The van der Waals surface area contributed by atoms with Crippen LogP contribution in [0.3, 0.4) is 0 Å². The van der Waals surface area contributed by atoms with Crippen molar-refractivity contribution in [3.8, 4) is 0 Å². The maximum absolute atomic E-state index is 12.1. The first-order valence-electron chi connectivity index (χ1n) is 6.27. The summed E-state index contributed by atoms with van der Waals surface area (Å²) in [4.78, 5) is 16.1. The van der Waals surface area contributed by atoms with Crippen LogP contribution in [0.4, 0.5) is 4.79 Å². The molecule has 2 rings (SSSR count). The number of hydrogen-bond acceptors (Lipinski definition) is 1. The Kier molecular flexibility index (Phi) is 3.87. The topological polar surface area (TPSA) is 23.6 Å². The molecule has 0 aromatic rings. The SMILES string of the molecule is O=C(N1[CH]CCCC1)N1CCCCCC1. The quantitative estimate of drug-likeness (QED) is 0.601. The Hall–Kier alpha value is -0.730. The van der Waals surface area contributed by atoms with Crippen LogP contribution in [0.15, 0.2) is 0 Å². The van der Waals surface area contributed by atoms with E-state index in [1.54, 1.807) is 0 Å². The summed E-state index contributed by atoms with van der Waals surface area (Å²) in [6, 6.07) is 0.247. The molecule has 0 saturated carbocycles. The third-order valence-corrected chi connectivity index (χ3v) is 3.32. The molecule has 0 bridgehead atoms. The monoisotopic (exact) mass is 209 g/mol. The Morgan fingerprint density at radius 3 is 2.13 bits per heavy atom. The van der Waals surface area contributed by atoms with Gasteiger partial charge in [-0.3, -0.25) is 0 Å². The van der Waals surface area contributed by atoms with Crippen molar-refractivity contribution < 1.29 is 4.79 Å². The number of rotatable bonds is 0. The molecule has 0 atom stereocenters. The van der Waals surface area contributed by atoms with Gasteiger partial charge in [0.1, 0.15) is 0 Å². The van der Waals surface area contributed by atoms with Crippen molar-refractivity contribution in [2.75, 3.05) is 19.6 Å². The predicted molar refractivity (Wildman–Crippen MR) is 60.3 cm³/mol. The normalized spacial score (nSPS) is 23.7. The van der Waals surface area contributed by atoms with E-state index < -0.39 is 0 Å². The van der Waals surface area contributed by atoms with Crippen LogP contribution in [0.1, 0.15) is 44.9 Å². The summed E-state index contributed by atoms with van der Waals surface area (Å²) < 4.78 is 0. The number of piperidine rings is 1. The lowest BCUT2D eigenvalue weighted by Gasteiger charge is -2.32. The second-order valence-electron chi connectivity index (χ2n) is 4.56. The van der Waals surface area contributed by atoms with Crippen molar-refractivity contribution >= 4 is 6.03 Å². The van der Waals surface area contributed by atoms with Gasteiger partial charge in [-0.1, -0.05) is 12.8 Å².